The lowest BCUT2D eigenvalue weighted by Gasteiger charge is -2.27. The Morgan fingerprint density at radius 1 is 0.577 bits per heavy atom. The summed E-state index contributed by atoms with van der Waals surface area (Å²) in [4.78, 5) is 0. The molecule has 0 bridgehead atoms. The highest BCUT2D eigenvalue weighted by Crippen LogP contribution is 2.20. The van der Waals surface area contributed by atoms with Crippen molar-refractivity contribution in [2.45, 2.75) is 0 Å². The molecular formula is C24H19ClSi. The third kappa shape index (κ3) is 3.12. The monoisotopic (exact) mass is 375 g/mol. The molecule has 0 aliphatic carbocycles. The molecule has 4 aromatic carbocycles. The Morgan fingerprint density at radius 2 is 1.12 bits per heavy atom. The van der Waals surface area contributed by atoms with Crippen LogP contribution in [0.15, 0.2) is 115 Å². The first-order valence-corrected chi connectivity index (χ1v) is 11.3. The van der Waals surface area contributed by atoms with Gasteiger partial charge in [0.25, 0.3) is 0 Å². The first kappa shape index (κ1) is 11.9. The van der Waals surface area contributed by atoms with Crippen LogP contribution in [0, 0.1) is 0 Å². The van der Waals surface area contributed by atoms with Crippen molar-refractivity contribution in [3.8, 4) is 11.1 Å². The van der Waals surface area contributed by atoms with Crippen LogP contribution in [0.25, 0.3) is 11.1 Å². The molecule has 126 valence electrons. The minimum absolute atomic E-state index is 0.182. The number of hydrogen-bond donors (Lipinski definition) is 0. The van der Waals surface area contributed by atoms with E-state index in [2.05, 4.69) is 0 Å². The molecule has 26 heavy (non-hydrogen) atoms. The van der Waals surface area contributed by atoms with Crippen molar-refractivity contribution in [1.29, 1.82) is 0 Å². The van der Waals surface area contributed by atoms with Crippen molar-refractivity contribution < 1.29 is 6.85 Å². The van der Waals surface area contributed by atoms with Crippen LogP contribution in [0.2, 0.25) is 0 Å². The SMILES string of the molecule is [2H]c1c([2H])c([2H])c(-c2cccc([Si](Cl)(c3ccccc3)c3ccccc3)c2)c([2H])c1[2H]. The fraction of sp³-hybridized carbons (Fsp3) is 0. The third-order valence-corrected chi connectivity index (χ3v) is 9.72. The van der Waals surface area contributed by atoms with Crippen molar-refractivity contribution in [3.05, 3.63) is 115 Å². The first-order chi connectivity index (χ1) is 14.9. The molecule has 0 aromatic heterocycles. The van der Waals surface area contributed by atoms with Gasteiger partial charge in [0.2, 0.25) is 7.38 Å². The van der Waals surface area contributed by atoms with E-state index in [-0.39, 0.29) is 29.7 Å². The second kappa shape index (κ2) is 7.33. The smallest absolute Gasteiger partial charge is 0.149 e. The zero-order valence-electron chi connectivity index (χ0n) is 19.0. The Morgan fingerprint density at radius 3 is 1.69 bits per heavy atom. The predicted molar refractivity (Wildman–Crippen MR) is 115 cm³/mol. The first-order valence-electron chi connectivity index (χ1n) is 10.8. The fourth-order valence-electron chi connectivity index (χ4n) is 3.12. The van der Waals surface area contributed by atoms with Crippen LogP contribution in [0.5, 0.6) is 0 Å². The molecule has 0 aliphatic rings. The maximum absolute atomic E-state index is 8.33. The molecule has 0 saturated carbocycles. The second-order valence-corrected chi connectivity index (χ2v) is 10.7. The number of rotatable bonds is 4. The molecule has 0 heterocycles. The lowest BCUT2D eigenvalue weighted by Crippen LogP contribution is -2.62. The number of halogens is 1. The van der Waals surface area contributed by atoms with Gasteiger partial charge in [-0.05, 0) is 26.7 Å². The molecule has 4 rings (SSSR count). The summed E-state index contributed by atoms with van der Waals surface area (Å²) in [5.41, 5.74) is 0.737. The van der Waals surface area contributed by atoms with Gasteiger partial charge in [-0.15, -0.1) is 11.1 Å². The maximum Gasteiger partial charge on any atom is 0.247 e. The summed E-state index contributed by atoms with van der Waals surface area (Å²) in [5.74, 6) is 0. The van der Waals surface area contributed by atoms with Gasteiger partial charge >= 0.3 is 0 Å². The van der Waals surface area contributed by atoms with Gasteiger partial charge < -0.3 is 0 Å². The average molecular weight is 376 g/mol. The van der Waals surface area contributed by atoms with E-state index in [9.17, 15) is 0 Å². The lowest BCUT2D eigenvalue weighted by molar-refractivity contribution is 1.63. The minimum Gasteiger partial charge on any atom is -0.149 e. The van der Waals surface area contributed by atoms with E-state index in [1.807, 2.05) is 78.9 Å². The summed E-state index contributed by atoms with van der Waals surface area (Å²) in [7, 11) is -2.90. The van der Waals surface area contributed by atoms with Crippen LogP contribution < -0.4 is 15.6 Å². The fourth-order valence-corrected chi connectivity index (χ4v) is 7.21. The van der Waals surface area contributed by atoms with Gasteiger partial charge in [-0.1, -0.05) is 115 Å². The zero-order chi connectivity index (χ0) is 22.2. The van der Waals surface area contributed by atoms with Gasteiger partial charge in [-0.3, -0.25) is 0 Å². The van der Waals surface area contributed by atoms with Crippen LogP contribution in [0.4, 0.5) is 0 Å². The Bertz CT molecular complexity index is 1180. The summed E-state index contributed by atoms with van der Waals surface area (Å²) in [6.45, 7) is 0. The van der Waals surface area contributed by atoms with Gasteiger partial charge in [0.1, 0.15) is 0 Å². The molecule has 0 fully saturated rings. The van der Waals surface area contributed by atoms with E-state index in [0.717, 1.165) is 15.6 Å². The van der Waals surface area contributed by atoms with Crippen LogP contribution in [-0.4, -0.2) is 7.38 Å². The standard InChI is InChI=1S/C24H19ClSi/c25-26(22-14-6-2-7-15-22,23-16-8-3-9-17-23)24-18-10-13-21(19-24)20-11-4-1-5-12-20/h1-19H/i1D,4D,5D,11D,12D. The summed E-state index contributed by atoms with van der Waals surface area (Å²) in [6.07, 6.45) is 0. The van der Waals surface area contributed by atoms with Crippen molar-refractivity contribution in [2.75, 3.05) is 0 Å². The summed E-state index contributed by atoms with van der Waals surface area (Å²) >= 11 is 7.48. The second-order valence-electron chi connectivity index (χ2n) is 5.97. The Hall–Kier alpha value is -2.61. The molecule has 0 radical (unpaired) electrons. The van der Waals surface area contributed by atoms with E-state index in [1.54, 1.807) is 6.07 Å². The van der Waals surface area contributed by atoms with E-state index in [1.165, 1.54) is 0 Å². The zero-order valence-corrected chi connectivity index (χ0v) is 15.7. The molecule has 0 nitrogen and oxygen atoms in total. The molecule has 0 aliphatic heterocycles. The maximum atomic E-state index is 8.33. The third-order valence-electron chi connectivity index (χ3n) is 4.39. The number of hydrogen-bond acceptors (Lipinski definition) is 0. The van der Waals surface area contributed by atoms with Crippen molar-refractivity contribution in [2.24, 2.45) is 0 Å². The molecule has 0 saturated heterocycles. The van der Waals surface area contributed by atoms with Crippen LogP contribution in [0.3, 0.4) is 0 Å². The van der Waals surface area contributed by atoms with E-state index < -0.39 is 13.4 Å². The topological polar surface area (TPSA) is 0 Å². The lowest BCUT2D eigenvalue weighted by atomic mass is 10.1. The van der Waals surface area contributed by atoms with Gasteiger partial charge in [-0.2, -0.15) is 0 Å². The molecule has 0 N–H and O–H groups in total. The van der Waals surface area contributed by atoms with Crippen molar-refractivity contribution in [1.82, 2.24) is 0 Å². The molecule has 0 unspecified atom stereocenters. The summed E-state index contributed by atoms with van der Waals surface area (Å²) < 4.78 is 40.5. The molecule has 0 atom stereocenters. The Balaban J connectivity index is 1.97. The van der Waals surface area contributed by atoms with Crippen molar-refractivity contribution in [3.63, 3.8) is 0 Å². The average Bonchev–Trinajstić information content (AvgIpc) is 2.82. The van der Waals surface area contributed by atoms with Crippen LogP contribution in [0.1, 0.15) is 6.85 Å². The summed E-state index contributed by atoms with van der Waals surface area (Å²) in [5, 5.41) is 2.91. The molecular weight excluding hydrogens is 352 g/mol. The largest absolute Gasteiger partial charge is 0.247 e. The van der Waals surface area contributed by atoms with E-state index in [0.29, 0.717) is 5.56 Å². The highest BCUT2D eigenvalue weighted by molar-refractivity contribution is 7.40. The van der Waals surface area contributed by atoms with Crippen molar-refractivity contribution >= 4 is 34.0 Å². The highest BCUT2D eigenvalue weighted by Gasteiger charge is 2.37. The Labute approximate surface area is 167 Å². The minimum atomic E-state index is -2.90. The van der Waals surface area contributed by atoms with Crippen LogP contribution in [-0.2, 0) is 0 Å². The quantitative estimate of drug-likeness (QED) is 0.278. The number of benzene rings is 4. The van der Waals surface area contributed by atoms with E-state index >= 15 is 0 Å². The Kier molecular flexibility index (Phi) is 3.35. The van der Waals surface area contributed by atoms with E-state index in [4.69, 9.17) is 17.9 Å². The highest BCUT2D eigenvalue weighted by atomic mass is 35.6. The molecule has 2 heteroatoms. The van der Waals surface area contributed by atoms with Gasteiger partial charge in [-0.25, -0.2) is 0 Å². The van der Waals surface area contributed by atoms with Gasteiger partial charge in [0, 0.05) is 0 Å². The molecule has 0 amide bonds. The molecule has 4 aromatic rings. The van der Waals surface area contributed by atoms with Gasteiger partial charge in [0.15, 0.2) is 0 Å². The predicted octanol–water partition coefficient (Wildman–Crippen LogP) is 4.56. The van der Waals surface area contributed by atoms with Gasteiger partial charge in [0.05, 0.1) is 6.85 Å². The van der Waals surface area contributed by atoms with Crippen LogP contribution >= 0.6 is 11.1 Å². The normalized spacial score (nSPS) is 14.0. The molecule has 0 spiro atoms. The summed E-state index contributed by atoms with van der Waals surface area (Å²) in [6, 6.07) is 25.7.